The lowest BCUT2D eigenvalue weighted by molar-refractivity contribution is 0.000144. The Morgan fingerprint density at radius 2 is 2.25 bits per heavy atom. The van der Waals surface area contributed by atoms with Gasteiger partial charge in [-0.25, -0.2) is 0 Å². The van der Waals surface area contributed by atoms with Gasteiger partial charge < -0.3 is 9.63 Å². The molecular weight excluding hydrogens is 315 g/mol. The second-order valence-corrected chi connectivity index (χ2v) is 8.97. The molecule has 0 radical (unpaired) electrons. The molecule has 0 spiro atoms. The molecule has 0 aromatic heterocycles. The molecule has 3 aliphatic rings. The topological polar surface area (TPSA) is 29.5 Å². The third kappa shape index (κ3) is 2.44. The average Bonchev–Trinajstić information content (AvgIpc) is 2.92. The van der Waals surface area contributed by atoms with Gasteiger partial charge in [-0.05, 0) is 96.8 Å². The zero-order valence-corrected chi connectivity index (χ0v) is 15.9. The zero-order chi connectivity index (χ0) is 17.6. The molecule has 4 unspecified atom stereocenters. The molecule has 0 aliphatic heterocycles. The number of benzene rings is 1. The Bertz CT molecular complexity index is 636. The number of hydrogen-bond donors (Lipinski definition) is 1. The van der Waals surface area contributed by atoms with Gasteiger partial charge in [0.1, 0.15) is 5.75 Å². The largest absolute Gasteiger partial charge is 0.480 e. The number of aliphatic hydroxyl groups is 1. The fourth-order valence-electron chi connectivity index (χ4n) is 6.76. The Balaban J connectivity index is 1.65. The number of hydrogen-bond acceptors (Lipinski definition) is 2. The molecule has 4 rings (SSSR count). The van der Waals surface area contributed by atoms with Crippen molar-refractivity contribution in [3.63, 3.8) is 0 Å². The van der Waals surface area contributed by atoms with E-state index in [9.17, 15) is 5.11 Å². The van der Waals surface area contributed by atoms with Crippen LogP contribution in [0.25, 0.3) is 0 Å². The van der Waals surface area contributed by atoms with Crippen molar-refractivity contribution in [2.45, 2.75) is 58.3 Å². The quantitative estimate of drug-likeness (QED) is 0.780. The van der Waals surface area contributed by atoms with E-state index in [-0.39, 0.29) is 9.41 Å². The average molecular weight is 348 g/mol. The maximum Gasteiger partial charge on any atom is 0.122 e. The summed E-state index contributed by atoms with van der Waals surface area (Å²) in [4.78, 5) is 0. The van der Waals surface area contributed by atoms with E-state index in [1.54, 1.807) is 5.56 Å². The van der Waals surface area contributed by atoms with Gasteiger partial charge in [0.2, 0.25) is 0 Å². The third-order valence-corrected chi connectivity index (χ3v) is 8.07. The zero-order valence-electron chi connectivity index (χ0n) is 15.9. The monoisotopic (exact) mass is 348 g/mol. The summed E-state index contributed by atoms with van der Waals surface area (Å²) in [5.41, 5.74) is 3.44. The lowest BCUT2D eigenvalue weighted by Gasteiger charge is -2.53. The minimum absolute atomic E-state index is 0.234. The third-order valence-electron chi connectivity index (χ3n) is 7.84. The van der Waals surface area contributed by atoms with E-state index in [4.69, 9.17) is 5.80 Å². The van der Waals surface area contributed by atoms with Crippen molar-refractivity contribution in [3.8, 4) is 5.75 Å². The minimum Gasteiger partial charge on any atom is -0.480 e. The van der Waals surface area contributed by atoms with Crippen LogP contribution in [0, 0.1) is 29.1 Å². The smallest absolute Gasteiger partial charge is 0.122 e. The summed E-state index contributed by atoms with van der Waals surface area (Å²) in [6.07, 6.45) is 7.39. The molecule has 2 nitrogen and oxygen atoms in total. The Hall–Kier alpha value is -0.590. The summed E-state index contributed by atoms with van der Waals surface area (Å²) < 4.78 is 12.7. The summed E-state index contributed by atoms with van der Waals surface area (Å²) in [6.45, 7) is 5.32. The molecule has 0 bridgehead atoms. The highest BCUT2D eigenvalue weighted by Gasteiger charge is 2.55. The van der Waals surface area contributed by atoms with Crippen molar-refractivity contribution in [2.24, 2.45) is 29.1 Å². The normalized spacial score (nSPS) is 41.6. The molecule has 0 amide bonds. The fourth-order valence-corrected chi connectivity index (χ4v) is 6.88. The van der Waals surface area contributed by atoms with Crippen LogP contribution in [0.5, 0.6) is 5.75 Å². The second kappa shape index (κ2) is 6.29. The van der Waals surface area contributed by atoms with Crippen molar-refractivity contribution in [2.75, 3.05) is 6.61 Å². The van der Waals surface area contributed by atoms with Crippen LogP contribution in [0.1, 0.15) is 63.0 Å². The first kappa shape index (κ1) is 15.6. The Morgan fingerprint density at radius 3 is 3.04 bits per heavy atom. The van der Waals surface area contributed by atoms with Crippen LogP contribution in [0.15, 0.2) is 18.2 Å². The van der Waals surface area contributed by atoms with Crippen LogP contribution in [0.4, 0.5) is 0 Å². The summed E-state index contributed by atoms with van der Waals surface area (Å²) in [7, 11) is -0.234. The van der Waals surface area contributed by atoms with Crippen molar-refractivity contribution in [1.82, 2.24) is 0 Å². The molecule has 0 saturated heterocycles. The fraction of sp³-hybridized carbons (Fsp3) is 0.714. The molecule has 1 aromatic carbocycles. The molecule has 24 heavy (non-hydrogen) atoms. The van der Waals surface area contributed by atoms with Gasteiger partial charge in [0.25, 0.3) is 0 Å². The van der Waals surface area contributed by atoms with E-state index in [0.29, 0.717) is 29.8 Å². The van der Waals surface area contributed by atoms with Crippen LogP contribution in [-0.2, 0) is 6.42 Å². The summed E-state index contributed by atoms with van der Waals surface area (Å²) >= 11 is 0. The van der Waals surface area contributed by atoms with E-state index in [0.717, 1.165) is 30.4 Å². The van der Waals surface area contributed by atoms with Gasteiger partial charge in [0.05, 0.1) is 10.7 Å². The van der Waals surface area contributed by atoms with Gasteiger partial charge in [-0.3, -0.25) is 0 Å². The van der Waals surface area contributed by atoms with Crippen molar-refractivity contribution in [3.05, 3.63) is 29.3 Å². The Morgan fingerprint density at radius 1 is 1.38 bits per heavy atom. The van der Waals surface area contributed by atoms with Gasteiger partial charge in [0.15, 0.2) is 0 Å². The Kier molecular flexibility index (Phi) is 4.10. The molecule has 2 saturated carbocycles. The number of rotatable bonds is 4. The molecule has 7 atom stereocenters. The highest BCUT2D eigenvalue weighted by Crippen LogP contribution is 2.64. The molecule has 3 heteroatoms. The summed E-state index contributed by atoms with van der Waals surface area (Å²) in [5, 5.41) is 9.49. The minimum atomic E-state index is -0.234. The van der Waals surface area contributed by atoms with Crippen molar-refractivity contribution < 1.29 is 9.63 Å². The first-order valence-corrected chi connectivity index (χ1v) is 10.1. The molecule has 2 fully saturated rings. The van der Waals surface area contributed by atoms with Gasteiger partial charge in [0, 0.05) is 6.61 Å². The first-order chi connectivity index (χ1) is 12.1. The maximum atomic E-state index is 9.49. The van der Waals surface area contributed by atoms with E-state index in [1.165, 1.54) is 31.2 Å². The van der Waals surface area contributed by atoms with E-state index < -0.39 is 0 Å². The molecule has 132 valence electrons. The van der Waals surface area contributed by atoms with Crippen LogP contribution < -0.4 is 4.52 Å². The van der Waals surface area contributed by atoms with Gasteiger partial charge in [-0.15, -0.1) is 0 Å². The van der Waals surface area contributed by atoms with Crippen molar-refractivity contribution >= 4 is 9.41 Å². The summed E-state index contributed by atoms with van der Waals surface area (Å²) in [5.74, 6) is 4.59. The SMILES string of the molecule is [3H]POc1ccc2c(c1)C[C@@H](C)C1C2CC[C@@]2(C)C1CC[C@@H]2CCO. The lowest BCUT2D eigenvalue weighted by atomic mass is 9.51. The van der Waals surface area contributed by atoms with Gasteiger partial charge in [-0.2, -0.15) is 0 Å². The molecule has 1 N–H and O–H groups in total. The number of fused-ring (bicyclic) bond motifs is 5. The van der Waals surface area contributed by atoms with Gasteiger partial charge in [-0.1, -0.05) is 19.9 Å². The highest BCUT2D eigenvalue weighted by molar-refractivity contribution is 7.10. The van der Waals surface area contributed by atoms with E-state index >= 15 is 0 Å². The maximum absolute atomic E-state index is 9.49. The molecule has 0 heterocycles. The predicted molar refractivity (Wildman–Crippen MR) is 101 cm³/mol. The van der Waals surface area contributed by atoms with Crippen LogP contribution >= 0.6 is 9.41 Å². The number of aliphatic hydroxyl groups excluding tert-OH is 1. The van der Waals surface area contributed by atoms with Crippen LogP contribution in [0.2, 0.25) is 0 Å². The van der Waals surface area contributed by atoms with Crippen LogP contribution in [-0.4, -0.2) is 13.0 Å². The van der Waals surface area contributed by atoms with Crippen LogP contribution in [0.3, 0.4) is 0 Å². The molecule has 1 aromatic rings. The van der Waals surface area contributed by atoms with Gasteiger partial charge >= 0.3 is 0 Å². The summed E-state index contributed by atoms with van der Waals surface area (Å²) in [6, 6.07) is 6.56. The second-order valence-electron chi connectivity index (χ2n) is 8.77. The standard InChI is InChI=1S/C21H31O2P/c1-13-11-14-12-16(23-24)4-5-17(14)18-7-9-21(2)15(8-10-22)3-6-19(21)20(13)18/h4-5,12-13,15,18-20,22H,3,6-11,24H2,1-2H3/t13-,15-,18?,19?,20?,21-/m1/s1/i24T/t13-,15-,18?,19?,20?,21-,24?. The first-order valence-electron chi connectivity index (χ1n) is 10.2. The highest BCUT2D eigenvalue weighted by atomic mass is 31.0. The van der Waals surface area contributed by atoms with E-state index in [2.05, 4.69) is 32.0 Å². The molecular formula is C21H31O2P. The molecule has 3 aliphatic carbocycles. The Labute approximate surface area is 149 Å². The predicted octanol–water partition coefficient (Wildman–Crippen LogP) is 4.96. The van der Waals surface area contributed by atoms with E-state index in [1.807, 2.05) is 0 Å². The van der Waals surface area contributed by atoms with Crippen molar-refractivity contribution in [1.29, 1.82) is 1.28 Å². The lowest BCUT2D eigenvalue weighted by Crippen LogP contribution is -2.45.